The van der Waals surface area contributed by atoms with Gasteiger partial charge in [0, 0.05) is 18.9 Å². The van der Waals surface area contributed by atoms with Gasteiger partial charge in [-0.05, 0) is 25.3 Å². The highest BCUT2D eigenvalue weighted by atomic mass is 16.2. The lowest BCUT2D eigenvalue weighted by molar-refractivity contribution is -0.118. The van der Waals surface area contributed by atoms with Gasteiger partial charge in [0.1, 0.15) is 12.4 Å². The summed E-state index contributed by atoms with van der Waals surface area (Å²) in [5, 5.41) is 12.8. The molecule has 2 aromatic heterocycles. The van der Waals surface area contributed by atoms with E-state index in [0.29, 0.717) is 12.8 Å². The van der Waals surface area contributed by atoms with Crippen molar-refractivity contribution in [3.05, 3.63) is 29.6 Å². The molecule has 3 rings (SSSR count). The molecule has 8 heteroatoms. The molecule has 3 heterocycles. The van der Waals surface area contributed by atoms with E-state index in [2.05, 4.69) is 25.8 Å². The highest BCUT2D eigenvalue weighted by molar-refractivity contribution is 6.01. The molecule has 0 aromatic carbocycles. The van der Waals surface area contributed by atoms with Crippen LogP contribution in [0.2, 0.25) is 0 Å². The summed E-state index contributed by atoms with van der Waals surface area (Å²) in [6, 6.07) is -0.589. The van der Waals surface area contributed by atoms with Crippen molar-refractivity contribution >= 4 is 17.5 Å². The molecular weight excluding hydrogens is 272 g/mol. The predicted octanol–water partition coefficient (Wildman–Crippen LogP) is 0.135. The number of carbonyl (C=O) groups is 2. The number of aromatic nitrogens is 4. The van der Waals surface area contributed by atoms with Crippen LogP contribution in [0.25, 0.3) is 0 Å². The minimum Gasteiger partial charge on any atom is -0.352 e. The molecule has 1 aliphatic rings. The molecule has 2 amide bonds. The lowest BCUT2D eigenvalue weighted by Crippen LogP contribution is -2.43. The van der Waals surface area contributed by atoms with Crippen molar-refractivity contribution in [2.45, 2.75) is 25.8 Å². The number of aromatic amines is 1. The molecule has 0 bridgehead atoms. The minimum absolute atomic E-state index is 0.0979. The first kappa shape index (κ1) is 13.3. The fourth-order valence-corrected chi connectivity index (χ4v) is 2.61. The summed E-state index contributed by atoms with van der Waals surface area (Å²) in [6.07, 6.45) is 4.55. The monoisotopic (exact) mass is 288 g/mol. The molecular formula is C13H16N6O2. The molecule has 1 aliphatic heterocycles. The van der Waals surface area contributed by atoms with E-state index in [1.807, 2.05) is 24.7 Å². The maximum Gasteiger partial charge on any atom is 0.289 e. The van der Waals surface area contributed by atoms with E-state index in [9.17, 15) is 9.59 Å². The molecule has 8 nitrogen and oxygen atoms in total. The normalized spacial score (nSPS) is 17.8. The van der Waals surface area contributed by atoms with Crippen LogP contribution in [0.1, 0.15) is 28.3 Å². The summed E-state index contributed by atoms with van der Waals surface area (Å²) in [7, 11) is 1.95. The molecule has 0 saturated carbocycles. The van der Waals surface area contributed by atoms with Gasteiger partial charge in [0.2, 0.25) is 11.7 Å². The lowest BCUT2D eigenvalue weighted by Gasteiger charge is -2.14. The first-order valence-corrected chi connectivity index (χ1v) is 6.69. The standard InChI is InChI=1S/C13H16N6O2/c1-7-5-19(2)9-4-3-8(12(20)17-10(7)9)16-13(21)11-14-6-15-18-11/h5-6,8H,3-4H2,1-2H3,(H,16,21)(H,17,20)(H,14,15,18). The van der Waals surface area contributed by atoms with Crippen molar-refractivity contribution in [1.82, 2.24) is 25.1 Å². The Labute approximate surface area is 120 Å². The van der Waals surface area contributed by atoms with Gasteiger partial charge in [0.15, 0.2) is 0 Å². The SMILES string of the molecule is Cc1cn(C)c2c1NC(=O)C(NC(=O)c1nnc[nH]1)CC2. The van der Waals surface area contributed by atoms with Gasteiger partial charge >= 0.3 is 0 Å². The van der Waals surface area contributed by atoms with E-state index >= 15 is 0 Å². The average Bonchev–Trinajstić information content (AvgIpc) is 3.01. The summed E-state index contributed by atoms with van der Waals surface area (Å²) in [6.45, 7) is 1.95. The highest BCUT2D eigenvalue weighted by Gasteiger charge is 2.28. The van der Waals surface area contributed by atoms with E-state index in [0.717, 1.165) is 16.9 Å². The topological polar surface area (TPSA) is 105 Å². The van der Waals surface area contributed by atoms with E-state index in [-0.39, 0.29) is 11.7 Å². The summed E-state index contributed by atoms with van der Waals surface area (Å²) in [4.78, 5) is 26.8. The molecule has 0 fully saturated rings. The first-order chi connectivity index (χ1) is 10.1. The third-order valence-electron chi connectivity index (χ3n) is 3.67. The Hall–Kier alpha value is -2.64. The van der Waals surface area contributed by atoms with Crippen LogP contribution in [-0.4, -0.2) is 37.6 Å². The van der Waals surface area contributed by atoms with Crippen LogP contribution in [0.3, 0.4) is 0 Å². The molecule has 0 radical (unpaired) electrons. The Morgan fingerprint density at radius 3 is 3.05 bits per heavy atom. The van der Waals surface area contributed by atoms with Crippen LogP contribution in [0.15, 0.2) is 12.5 Å². The van der Waals surface area contributed by atoms with Crippen LogP contribution in [0, 0.1) is 6.92 Å². The number of rotatable bonds is 2. The maximum absolute atomic E-state index is 12.3. The van der Waals surface area contributed by atoms with Crippen molar-refractivity contribution in [1.29, 1.82) is 0 Å². The van der Waals surface area contributed by atoms with Crippen LogP contribution in [0.4, 0.5) is 5.69 Å². The zero-order valence-electron chi connectivity index (χ0n) is 11.8. The Morgan fingerprint density at radius 1 is 1.52 bits per heavy atom. The van der Waals surface area contributed by atoms with E-state index in [1.54, 1.807) is 0 Å². The van der Waals surface area contributed by atoms with Gasteiger partial charge in [-0.15, -0.1) is 10.2 Å². The summed E-state index contributed by atoms with van der Waals surface area (Å²) in [5.74, 6) is -0.549. The molecule has 0 aliphatic carbocycles. The third kappa shape index (κ3) is 2.39. The number of hydrogen-bond donors (Lipinski definition) is 3. The molecule has 0 spiro atoms. The minimum atomic E-state index is -0.589. The van der Waals surface area contributed by atoms with Gasteiger partial charge in [-0.3, -0.25) is 9.59 Å². The Morgan fingerprint density at radius 2 is 2.33 bits per heavy atom. The molecule has 0 saturated heterocycles. The molecule has 1 atom stereocenters. The van der Waals surface area contributed by atoms with Crippen LogP contribution >= 0.6 is 0 Å². The van der Waals surface area contributed by atoms with E-state index in [1.165, 1.54) is 6.33 Å². The van der Waals surface area contributed by atoms with Gasteiger partial charge in [-0.25, -0.2) is 0 Å². The summed E-state index contributed by atoms with van der Waals surface area (Å²) >= 11 is 0. The average molecular weight is 288 g/mol. The van der Waals surface area contributed by atoms with Crippen molar-refractivity contribution in [3.63, 3.8) is 0 Å². The highest BCUT2D eigenvalue weighted by Crippen LogP contribution is 2.26. The number of amides is 2. The second-order valence-corrected chi connectivity index (χ2v) is 5.14. The first-order valence-electron chi connectivity index (χ1n) is 6.69. The number of nitrogens with one attached hydrogen (secondary N) is 3. The third-order valence-corrected chi connectivity index (χ3v) is 3.67. The smallest absolute Gasteiger partial charge is 0.289 e. The summed E-state index contributed by atoms with van der Waals surface area (Å²) in [5.41, 5.74) is 2.93. The second kappa shape index (κ2) is 5.04. The van der Waals surface area contributed by atoms with Gasteiger partial charge in [0.25, 0.3) is 5.91 Å². The molecule has 2 aromatic rings. The number of nitrogens with zero attached hydrogens (tertiary/aromatic N) is 3. The zero-order valence-corrected chi connectivity index (χ0v) is 11.8. The van der Waals surface area contributed by atoms with Crippen molar-refractivity contribution < 1.29 is 9.59 Å². The van der Waals surface area contributed by atoms with Crippen molar-refractivity contribution in [2.24, 2.45) is 7.05 Å². The van der Waals surface area contributed by atoms with E-state index < -0.39 is 11.9 Å². The zero-order chi connectivity index (χ0) is 15.0. The Balaban J connectivity index is 1.77. The molecule has 110 valence electrons. The van der Waals surface area contributed by atoms with Gasteiger partial charge < -0.3 is 20.2 Å². The lowest BCUT2D eigenvalue weighted by atomic mass is 10.1. The Bertz CT molecular complexity index is 688. The van der Waals surface area contributed by atoms with Gasteiger partial charge in [0.05, 0.1) is 5.69 Å². The van der Waals surface area contributed by atoms with Crippen LogP contribution in [0.5, 0.6) is 0 Å². The van der Waals surface area contributed by atoms with Crippen molar-refractivity contribution in [2.75, 3.05) is 5.32 Å². The fourth-order valence-electron chi connectivity index (χ4n) is 2.61. The predicted molar refractivity (Wildman–Crippen MR) is 74.7 cm³/mol. The number of aryl methyl sites for hydroxylation is 2. The fraction of sp³-hybridized carbons (Fsp3) is 0.385. The van der Waals surface area contributed by atoms with Gasteiger partial charge in [-0.2, -0.15) is 0 Å². The number of anilines is 1. The van der Waals surface area contributed by atoms with Crippen LogP contribution < -0.4 is 10.6 Å². The number of carbonyl (C=O) groups excluding carboxylic acids is 2. The molecule has 21 heavy (non-hydrogen) atoms. The second-order valence-electron chi connectivity index (χ2n) is 5.14. The maximum atomic E-state index is 12.3. The number of fused-ring (bicyclic) bond motifs is 1. The molecule has 1 unspecified atom stereocenters. The molecule has 3 N–H and O–H groups in total. The van der Waals surface area contributed by atoms with E-state index in [4.69, 9.17) is 0 Å². The number of hydrogen-bond acceptors (Lipinski definition) is 4. The van der Waals surface area contributed by atoms with Gasteiger partial charge in [-0.1, -0.05) is 0 Å². The Kier molecular flexibility index (Phi) is 3.20. The quantitative estimate of drug-likeness (QED) is 0.730. The van der Waals surface area contributed by atoms with Crippen molar-refractivity contribution in [3.8, 4) is 0 Å². The number of H-pyrrole nitrogens is 1. The van der Waals surface area contributed by atoms with Crippen LogP contribution in [-0.2, 0) is 18.3 Å². The summed E-state index contributed by atoms with van der Waals surface area (Å²) < 4.78 is 2.01. The largest absolute Gasteiger partial charge is 0.352 e.